The van der Waals surface area contributed by atoms with E-state index in [1.54, 1.807) is 19.2 Å². The van der Waals surface area contributed by atoms with Crippen LogP contribution in [0.4, 0.5) is 4.39 Å². The molecule has 0 fully saturated rings. The minimum absolute atomic E-state index is 0.0114. The van der Waals surface area contributed by atoms with Gasteiger partial charge in [0.15, 0.2) is 0 Å². The fourth-order valence-electron chi connectivity index (χ4n) is 2.47. The third kappa shape index (κ3) is 5.08. The van der Waals surface area contributed by atoms with Crippen molar-refractivity contribution in [2.75, 3.05) is 7.11 Å². The number of hydrogen-bond acceptors (Lipinski definition) is 5. The first-order valence-corrected chi connectivity index (χ1v) is 9.78. The van der Waals surface area contributed by atoms with Gasteiger partial charge in [0.05, 0.1) is 30.8 Å². The number of aromatic nitrogens is 2. The highest BCUT2D eigenvalue weighted by Crippen LogP contribution is 2.20. The normalized spacial score (nSPS) is 11.3. The van der Waals surface area contributed by atoms with Gasteiger partial charge in [-0.1, -0.05) is 18.2 Å². The molecule has 0 amide bonds. The second-order valence-electron chi connectivity index (χ2n) is 5.79. The van der Waals surface area contributed by atoms with E-state index in [1.807, 2.05) is 24.3 Å². The summed E-state index contributed by atoms with van der Waals surface area (Å²) < 4.78 is 45.7. The smallest absolute Gasteiger partial charge is 0.216 e. The average molecular weight is 387 g/mol. The molecular weight excluding hydrogens is 369 g/mol. The van der Waals surface area contributed by atoms with Crippen LogP contribution in [0.25, 0.3) is 11.3 Å². The molecule has 3 rings (SSSR count). The standard InChI is InChI=1S/C19H18FN3O3S/c1-26-17-8-6-14(7-9-17)19-10-16(21-13-22-19)11-23-27(24,25)12-15-4-2-3-5-18(15)20/h2-10,13,23H,11-12H2,1H3. The fourth-order valence-corrected chi connectivity index (χ4v) is 3.58. The van der Waals surface area contributed by atoms with Crippen molar-refractivity contribution in [3.05, 3.63) is 78.0 Å². The van der Waals surface area contributed by atoms with Crippen molar-refractivity contribution in [2.24, 2.45) is 0 Å². The number of methoxy groups -OCH3 is 1. The molecular formula is C19H18FN3O3S. The Morgan fingerprint density at radius 1 is 1.07 bits per heavy atom. The summed E-state index contributed by atoms with van der Waals surface area (Å²) in [7, 11) is -2.12. The molecule has 2 aromatic carbocycles. The number of rotatable bonds is 7. The highest BCUT2D eigenvalue weighted by molar-refractivity contribution is 7.88. The summed E-state index contributed by atoms with van der Waals surface area (Å²) in [6.45, 7) is -0.0114. The van der Waals surface area contributed by atoms with Crippen molar-refractivity contribution in [3.63, 3.8) is 0 Å². The van der Waals surface area contributed by atoms with Gasteiger partial charge >= 0.3 is 0 Å². The van der Waals surface area contributed by atoms with E-state index < -0.39 is 21.6 Å². The van der Waals surface area contributed by atoms with Crippen molar-refractivity contribution in [1.29, 1.82) is 0 Å². The van der Waals surface area contributed by atoms with Crippen LogP contribution in [0.3, 0.4) is 0 Å². The van der Waals surface area contributed by atoms with Crippen LogP contribution in [0.2, 0.25) is 0 Å². The summed E-state index contributed by atoms with van der Waals surface area (Å²) in [5.74, 6) is -0.253. The largest absolute Gasteiger partial charge is 0.497 e. The third-order valence-corrected chi connectivity index (χ3v) is 5.16. The number of nitrogens with one attached hydrogen (secondary N) is 1. The van der Waals surface area contributed by atoms with Crippen molar-refractivity contribution < 1.29 is 17.5 Å². The summed E-state index contributed by atoms with van der Waals surface area (Å²) in [6.07, 6.45) is 1.38. The van der Waals surface area contributed by atoms with E-state index in [2.05, 4.69) is 14.7 Å². The van der Waals surface area contributed by atoms with E-state index in [0.29, 0.717) is 11.4 Å². The first kappa shape index (κ1) is 18.9. The summed E-state index contributed by atoms with van der Waals surface area (Å²) in [5.41, 5.74) is 2.14. The molecule has 27 heavy (non-hydrogen) atoms. The summed E-state index contributed by atoms with van der Waals surface area (Å²) in [5, 5.41) is 0. The lowest BCUT2D eigenvalue weighted by Crippen LogP contribution is -2.25. The van der Waals surface area contributed by atoms with E-state index >= 15 is 0 Å². The van der Waals surface area contributed by atoms with Gasteiger partial charge in [-0.15, -0.1) is 0 Å². The predicted molar refractivity (Wildman–Crippen MR) is 99.9 cm³/mol. The Morgan fingerprint density at radius 3 is 2.52 bits per heavy atom. The molecule has 6 nitrogen and oxygen atoms in total. The zero-order valence-corrected chi connectivity index (χ0v) is 15.4. The highest BCUT2D eigenvalue weighted by atomic mass is 32.2. The lowest BCUT2D eigenvalue weighted by Gasteiger charge is -2.08. The second kappa shape index (κ2) is 8.24. The summed E-state index contributed by atoms with van der Waals surface area (Å²) in [4.78, 5) is 8.30. The number of halogens is 1. The van der Waals surface area contributed by atoms with Gasteiger partial charge in [0.2, 0.25) is 10.0 Å². The van der Waals surface area contributed by atoms with Crippen molar-refractivity contribution >= 4 is 10.0 Å². The molecule has 1 aromatic heterocycles. The van der Waals surface area contributed by atoms with Gasteiger partial charge in [0.1, 0.15) is 17.9 Å². The number of benzene rings is 2. The molecule has 0 radical (unpaired) electrons. The zero-order chi connectivity index (χ0) is 19.3. The summed E-state index contributed by atoms with van der Waals surface area (Å²) >= 11 is 0. The Hall–Kier alpha value is -2.84. The van der Waals surface area contributed by atoms with E-state index in [0.717, 1.165) is 11.3 Å². The molecule has 0 spiro atoms. The Balaban J connectivity index is 1.69. The summed E-state index contributed by atoms with van der Waals surface area (Å²) in [6, 6.07) is 14.8. The quantitative estimate of drug-likeness (QED) is 0.674. The molecule has 0 saturated carbocycles. The SMILES string of the molecule is COc1ccc(-c2cc(CNS(=O)(=O)Cc3ccccc3F)ncn2)cc1. The number of sulfonamides is 1. The molecule has 0 aliphatic heterocycles. The molecule has 0 aliphatic rings. The average Bonchev–Trinajstić information content (AvgIpc) is 2.68. The molecule has 0 saturated heterocycles. The molecule has 8 heteroatoms. The van der Waals surface area contributed by atoms with Gasteiger partial charge in [-0.05, 0) is 36.4 Å². The van der Waals surface area contributed by atoms with Crippen LogP contribution < -0.4 is 9.46 Å². The van der Waals surface area contributed by atoms with Crippen LogP contribution in [0, 0.1) is 5.82 Å². The van der Waals surface area contributed by atoms with Gasteiger partial charge in [0.25, 0.3) is 0 Å². The fraction of sp³-hybridized carbons (Fsp3) is 0.158. The maximum atomic E-state index is 13.7. The zero-order valence-electron chi connectivity index (χ0n) is 14.6. The maximum absolute atomic E-state index is 13.7. The van der Waals surface area contributed by atoms with E-state index in [-0.39, 0.29) is 12.1 Å². The lowest BCUT2D eigenvalue weighted by molar-refractivity contribution is 0.415. The minimum Gasteiger partial charge on any atom is -0.497 e. The highest BCUT2D eigenvalue weighted by Gasteiger charge is 2.14. The Labute approximate surface area is 157 Å². The van der Waals surface area contributed by atoms with Crippen LogP contribution in [0.1, 0.15) is 11.3 Å². The van der Waals surface area contributed by atoms with Crippen molar-refractivity contribution in [1.82, 2.24) is 14.7 Å². The van der Waals surface area contributed by atoms with Gasteiger partial charge in [0, 0.05) is 11.1 Å². The van der Waals surface area contributed by atoms with Crippen molar-refractivity contribution in [3.8, 4) is 17.0 Å². The predicted octanol–water partition coefficient (Wildman–Crippen LogP) is 2.91. The molecule has 1 N–H and O–H groups in total. The van der Waals surface area contributed by atoms with Crippen LogP contribution in [-0.4, -0.2) is 25.5 Å². The molecule has 3 aromatic rings. The molecule has 0 aliphatic carbocycles. The van der Waals surface area contributed by atoms with Gasteiger partial charge < -0.3 is 4.74 Å². The van der Waals surface area contributed by atoms with Gasteiger partial charge in [-0.3, -0.25) is 0 Å². The third-order valence-electron chi connectivity index (χ3n) is 3.89. The second-order valence-corrected chi connectivity index (χ2v) is 7.60. The van der Waals surface area contributed by atoms with E-state index in [9.17, 15) is 12.8 Å². The molecule has 1 heterocycles. The molecule has 0 unspecified atom stereocenters. The van der Waals surface area contributed by atoms with Crippen LogP contribution in [0.5, 0.6) is 5.75 Å². The maximum Gasteiger partial charge on any atom is 0.216 e. The molecule has 0 atom stereocenters. The molecule has 140 valence electrons. The Bertz CT molecular complexity index is 1020. The number of ether oxygens (including phenoxy) is 1. The Morgan fingerprint density at radius 2 is 1.81 bits per heavy atom. The number of nitrogens with zero attached hydrogens (tertiary/aromatic N) is 2. The van der Waals surface area contributed by atoms with E-state index in [4.69, 9.17) is 4.74 Å². The Kier molecular flexibility index (Phi) is 5.78. The van der Waals surface area contributed by atoms with Crippen LogP contribution in [-0.2, 0) is 22.3 Å². The van der Waals surface area contributed by atoms with Crippen LogP contribution in [0.15, 0.2) is 60.9 Å². The van der Waals surface area contributed by atoms with Crippen LogP contribution >= 0.6 is 0 Å². The monoisotopic (exact) mass is 387 g/mol. The van der Waals surface area contributed by atoms with Gasteiger partial charge in [-0.25, -0.2) is 27.5 Å². The number of hydrogen-bond donors (Lipinski definition) is 1. The van der Waals surface area contributed by atoms with Crippen molar-refractivity contribution in [2.45, 2.75) is 12.3 Å². The first-order valence-electron chi connectivity index (χ1n) is 8.13. The van der Waals surface area contributed by atoms with Gasteiger partial charge in [-0.2, -0.15) is 0 Å². The van der Waals surface area contributed by atoms with E-state index in [1.165, 1.54) is 24.5 Å². The first-order chi connectivity index (χ1) is 13.0. The molecule has 0 bridgehead atoms. The lowest BCUT2D eigenvalue weighted by atomic mass is 10.1. The topological polar surface area (TPSA) is 81.2 Å². The minimum atomic E-state index is -3.71.